The lowest BCUT2D eigenvalue weighted by Gasteiger charge is -2.42. The highest BCUT2D eigenvalue weighted by molar-refractivity contribution is 7.99. The van der Waals surface area contributed by atoms with Crippen molar-refractivity contribution in [2.24, 2.45) is 0 Å². The molecule has 2 aliphatic rings. The van der Waals surface area contributed by atoms with Gasteiger partial charge in [0.15, 0.2) is 5.16 Å². The predicted octanol–water partition coefficient (Wildman–Crippen LogP) is 5.94. The van der Waals surface area contributed by atoms with Gasteiger partial charge in [0.05, 0.1) is 24.1 Å². The SMILES string of the molecule is C=CCSc1nc2c(c(=O)n1-c1ccc(OC)cc1)C1(CCCCC1)Cc1ccccc1-2. The van der Waals surface area contributed by atoms with Crippen LogP contribution >= 0.6 is 11.8 Å². The highest BCUT2D eigenvalue weighted by Crippen LogP contribution is 2.49. The van der Waals surface area contributed by atoms with Crippen LogP contribution in [0.1, 0.15) is 43.2 Å². The molecule has 0 amide bonds. The van der Waals surface area contributed by atoms with E-state index in [4.69, 9.17) is 9.72 Å². The third-order valence-electron chi connectivity index (χ3n) is 6.86. The van der Waals surface area contributed by atoms with Crippen molar-refractivity contribution in [1.82, 2.24) is 9.55 Å². The second kappa shape index (κ2) is 8.62. The topological polar surface area (TPSA) is 44.1 Å². The Morgan fingerprint density at radius 2 is 1.88 bits per heavy atom. The molecule has 2 aromatic carbocycles. The number of hydrogen-bond donors (Lipinski definition) is 0. The van der Waals surface area contributed by atoms with Crippen LogP contribution in [-0.4, -0.2) is 22.4 Å². The number of benzene rings is 2. The molecule has 4 nitrogen and oxygen atoms in total. The number of rotatable bonds is 5. The van der Waals surface area contributed by atoms with Gasteiger partial charge < -0.3 is 4.74 Å². The number of thioether (sulfide) groups is 1. The molecule has 5 rings (SSSR count). The lowest BCUT2D eigenvalue weighted by atomic mass is 9.62. The molecular formula is C27H28N2O2S. The van der Waals surface area contributed by atoms with E-state index in [-0.39, 0.29) is 11.0 Å². The maximum absolute atomic E-state index is 14.3. The minimum atomic E-state index is -0.123. The molecule has 0 unspecified atom stereocenters. The molecule has 1 saturated carbocycles. The molecule has 1 aromatic heterocycles. The van der Waals surface area contributed by atoms with E-state index in [2.05, 4.69) is 30.8 Å². The van der Waals surface area contributed by atoms with E-state index in [1.165, 1.54) is 12.0 Å². The molecule has 0 atom stereocenters. The van der Waals surface area contributed by atoms with Gasteiger partial charge in [-0.3, -0.25) is 9.36 Å². The zero-order valence-corrected chi connectivity index (χ0v) is 19.3. The summed E-state index contributed by atoms with van der Waals surface area (Å²) >= 11 is 1.55. The van der Waals surface area contributed by atoms with Crippen LogP contribution in [0.2, 0.25) is 0 Å². The molecular weight excluding hydrogens is 416 g/mol. The van der Waals surface area contributed by atoms with E-state index in [1.54, 1.807) is 23.4 Å². The van der Waals surface area contributed by atoms with Gasteiger partial charge in [0.2, 0.25) is 0 Å². The third-order valence-corrected chi connectivity index (χ3v) is 7.79. The van der Waals surface area contributed by atoms with E-state index in [0.717, 1.165) is 60.4 Å². The Morgan fingerprint density at radius 3 is 2.59 bits per heavy atom. The van der Waals surface area contributed by atoms with Crippen LogP contribution in [0.15, 0.2) is 71.1 Å². The van der Waals surface area contributed by atoms with Crippen LogP contribution in [0, 0.1) is 0 Å². The van der Waals surface area contributed by atoms with Gasteiger partial charge in [-0.15, -0.1) is 6.58 Å². The summed E-state index contributed by atoms with van der Waals surface area (Å²) in [7, 11) is 1.65. The average molecular weight is 445 g/mol. The minimum absolute atomic E-state index is 0.0723. The molecule has 0 radical (unpaired) electrons. The van der Waals surface area contributed by atoms with Crippen molar-refractivity contribution in [3.63, 3.8) is 0 Å². The number of aromatic nitrogens is 2. The second-order valence-electron chi connectivity index (χ2n) is 8.73. The number of ether oxygens (including phenoxy) is 1. The Hall–Kier alpha value is -2.79. The van der Waals surface area contributed by atoms with Crippen molar-refractivity contribution in [1.29, 1.82) is 0 Å². The average Bonchev–Trinajstić information content (AvgIpc) is 2.83. The Kier molecular flexibility index (Phi) is 5.68. The van der Waals surface area contributed by atoms with Crippen LogP contribution in [0.5, 0.6) is 5.75 Å². The van der Waals surface area contributed by atoms with Gasteiger partial charge in [-0.1, -0.05) is 61.4 Å². The highest BCUT2D eigenvalue weighted by atomic mass is 32.2. The summed E-state index contributed by atoms with van der Waals surface area (Å²) in [5.41, 5.74) is 4.99. The Morgan fingerprint density at radius 1 is 1.12 bits per heavy atom. The number of methoxy groups -OCH3 is 1. The normalized spacial score (nSPS) is 16.3. The molecule has 5 heteroatoms. The van der Waals surface area contributed by atoms with Gasteiger partial charge >= 0.3 is 0 Å². The maximum Gasteiger partial charge on any atom is 0.263 e. The summed E-state index contributed by atoms with van der Waals surface area (Å²) in [6, 6.07) is 16.2. The largest absolute Gasteiger partial charge is 0.497 e. The lowest BCUT2D eigenvalue weighted by Crippen LogP contribution is -2.42. The fourth-order valence-corrected chi connectivity index (χ4v) is 6.12. The van der Waals surface area contributed by atoms with Gasteiger partial charge in [-0.2, -0.15) is 0 Å². The summed E-state index contributed by atoms with van der Waals surface area (Å²) in [6.45, 7) is 3.86. The summed E-state index contributed by atoms with van der Waals surface area (Å²) in [5, 5.41) is 0.710. The smallest absolute Gasteiger partial charge is 0.263 e. The van der Waals surface area contributed by atoms with E-state index in [9.17, 15) is 4.79 Å². The molecule has 0 aliphatic heterocycles. The summed E-state index contributed by atoms with van der Waals surface area (Å²) in [4.78, 5) is 19.5. The molecule has 32 heavy (non-hydrogen) atoms. The number of nitrogens with zero attached hydrogens (tertiary/aromatic N) is 2. The first-order valence-electron chi connectivity index (χ1n) is 11.3. The van der Waals surface area contributed by atoms with Gasteiger partial charge in [-0.05, 0) is 49.1 Å². The molecule has 1 fully saturated rings. The molecule has 0 saturated heterocycles. The van der Waals surface area contributed by atoms with Crippen molar-refractivity contribution in [3.05, 3.63) is 82.7 Å². The van der Waals surface area contributed by atoms with Gasteiger partial charge in [0.1, 0.15) is 5.75 Å². The Balaban J connectivity index is 1.80. The number of hydrogen-bond acceptors (Lipinski definition) is 4. The first kappa shape index (κ1) is 21.1. The molecule has 164 valence electrons. The van der Waals surface area contributed by atoms with Crippen LogP contribution in [-0.2, 0) is 11.8 Å². The summed E-state index contributed by atoms with van der Waals surface area (Å²) in [6.07, 6.45) is 8.44. The second-order valence-corrected chi connectivity index (χ2v) is 9.72. The Bertz CT molecular complexity index is 1210. The number of fused-ring (bicyclic) bond motifs is 4. The zero-order chi connectivity index (χ0) is 22.1. The monoisotopic (exact) mass is 444 g/mol. The van der Waals surface area contributed by atoms with Crippen molar-refractivity contribution in [2.45, 2.75) is 49.1 Å². The lowest BCUT2D eigenvalue weighted by molar-refractivity contribution is 0.283. The molecule has 0 N–H and O–H groups in total. The summed E-state index contributed by atoms with van der Waals surface area (Å²) in [5.74, 6) is 1.46. The predicted molar refractivity (Wildman–Crippen MR) is 131 cm³/mol. The molecule has 1 heterocycles. The van der Waals surface area contributed by atoms with Crippen LogP contribution in [0.25, 0.3) is 16.9 Å². The fraction of sp³-hybridized carbons (Fsp3) is 0.333. The van der Waals surface area contributed by atoms with Crippen LogP contribution in [0.3, 0.4) is 0 Å². The van der Waals surface area contributed by atoms with Gasteiger partial charge in [0, 0.05) is 16.7 Å². The Labute approximate surface area is 193 Å². The van der Waals surface area contributed by atoms with E-state index in [1.807, 2.05) is 30.3 Å². The van der Waals surface area contributed by atoms with E-state index in [0.29, 0.717) is 10.9 Å². The fourth-order valence-electron chi connectivity index (χ4n) is 5.38. The zero-order valence-electron chi connectivity index (χ0n) is 18.5. The standard InChI is InChI=1S/C27H28N2O2S/c1-3-17-32-26-28-24-22-10-6-5-9-19(22)18-27(15-7-4-8-16-27)23(24)25(30)29(26)20-11-13-21(31-2)14-12-20/h3,5-6,9-14H,1,4,7-8,15-18H2,2H3. The van der Waals surface area contributed by atoms with E-state index < -0.39 is 0 Å². The quantitative estimate of drug-likeness (QED) is 0.277. The maximum atomic E-state index is 14.3. The van der Waals surface area contributed by atoms with Crippen LogP contribution < -0.4 is 10.3 Å². The van der Waals surface area contributed by atoms with Gasteiger partial charge in [-0.25, -0.2) is 4.98 Å². The van der Waals surface area contributed by atoms with Crippen LogP contribution in [0.4, 0.5) is 0 Å². The highest BCUT2D eigenvalue weighted by Gasteiger charge is 2.43. The molecule has 2 aliphatic carbocycles. The van der Waals surface area contributed by atoms with Gasteiger partial charge in [0.25, 0.3) is 5.56 Å². The molecule has 0 bridgehead atoms. The van der Waals surface area contributed by atoms with Crippen molar-refractivity contribution < 1.29 is 4.74 Å². The molecule has 3 aromatic rings. The summed E-state index contributed by atoms with van der Waals surface area (Å²) < 4.78 is 7.13. The minimum Gasteiger partial charge on any atom is -0.497 e. The molecule has 1 spiro atoms. The first-order valence-corrected chi connectivity index (χ1v) is 12.3. The first-order chi connectivity index (χ1) is 15.7. The third kappa shape index (κ3) is 3.49. The van der Waals surface area contributed by atoms with E-state index >= 15 is 0 Å². The van der Waals surface area contributed by atoms with Crippen molar-refractivity contribution >= 4 is 11.8 Å². The van der Waals surface area contributed by atoms with Crippen molar-refractivity contribution in [3.8, 4) is 22.7 Å². The van der Waals surface area contributed by atoms with Crippen molar-refractivity contribution in [2.75, 3.05) is 12.9 Å².